The molecule has 0 aliphatic carbocycles. The number of nitrogens with one attached hydrogen (secondary N) is 2. The maximum Gasteiger partial charge on any atom is 0.257 e. The molecule has 0 fully saturated rings. The van der Waals surface area contributed by atoms with E-state index in [0.29, 0.717) is 11.3 Å². The van der Waals surface area contributed by atoms with Crippen LogP contribution in [-0.2, 0) is 0 Å². The third-order valence-electron chi connectivity index (χ3n) is 3.18. The predicted octanol–water partition coefficient (Wildman–Crippen LogP) is 3.46. The molecule has 1 aromatic carbocycles. The highest BCUT2D eigenvalue weighted by Gasteiger charge is 2.13. The minimum atomic E-state index is -0.127. The molecule has 0 atom stereocenters. The van der Waals surface area contributed by atoms with Gasteiger partial charge in [0.05, 0.1) is 17.4 Å². The van der Waals surface area contributed by atoms with Crippen molar-refractivity contribution in [1.82, 2.24) is 9.78 Å². The first kappa shape index (κ1) is 15.1. The van der Waals surface area contributed by atoms with Crippen LogP contribution in [0.2, 0.25) is 0 Å². The lowest BCUT2D eigenvalue weighted by Gasteiger charge is -2.11. The summed E-state index contributed by atoms with van der Waals surface area (Å²) < 4.78 is 1.82. The summed E-state index contributed by atoms with van der Waals surface area (Å²) in [6, 6.07) is 6.09. The molecule has 2 rings (SSSR count). The Labute approximate surface area is 125 Å². The Morgan fingerprint density at radius 3 is 2.76 bits per heavy atom. The van der Waals surface area contributed by atoms with Gasteiger partial charge in [-0.2, -0.15) is 5.10 Å². The van der Waals surface area contributed by atoms with Gasteiger partial charge in [0.2, 0.25) is 0 Å². The first-order chi connectivity index (χ1) is 10.0. The molecule has 0 spiro atoms. The Kier molecular flexibility index (Phi) is 4.62. The predicted molar refractivity (Wildman–Crippen MR) is 85.9 cm³/mol. The molecule has 112 valence electrons. The van der Waals surface area contributed by atoms with Gasteiger partial charge in [0, 0.05) is 24.5 Å². The van der Waals surface area contributed by atoms with E-state index in [4.69, 9.17) is 0 Å². The fourth-order valence-electron chi connectivity index (χ4n) is 2.07. The molecule has 5 nitrogen and oxygen atoms in total. The summed E-state index contributed by atoms with van der Waals surface area (Å²) in [6.07, 6.45) is 3.51. The van der Waals surface area contributed by atoms with Crippen molar-refractivity contribution in [3.8, 4) is 0 Å². The topological polar surface area (TPSA) is 59.0 Å². The van der Waals surface area contributed by atoms with Gasteiger partial charge >= 0.3 is 0 Å². The van der Waals surface area contributed by atoms with Crippen molar-refractivity contribution in [3.63, 3.8) is 0 Å². The zero-order chi connectivity index (χ0) is 15.4. The number of rotatable bonds is 5. The van der Waals surface area contributed by atoms with Crippen LogP contribution in [0.25, 0.3) is 0 Å². The van der Waals surface area contributed by atoms with Gasteiger partial charge < -0.3 is 10.6 Å². The average Bonchev–Trinajstić information content (AvgIpc) is 2.89. The fraction of sp³-hybridized carbons (Fsp3) is 0.375. The molecule has 0 saturated heterocycles. The van der Waals surface area contributed by atoms with E-state index in [9.17, 15) is 4.79 Å². The molecule has 0 unspecified atom stereocenters. The molecule has 21 heavy (non-hydrogen) atoms. The molecule has 1 heterocycles. The molecule has 2 N–H and O–H groups in total. The van der Waals surface area contributed by atoms with Crippen molar-refractivity contribution in [2.75, 3.05) is 17.2 Å². The van der Waals surface area contributed by atoms with Crippen LogP contribution in [0.15, 0.2) is 30.6 Å². The third kappa shape index (κ3) is 3.62. The van der Waals surface area contributed by atoms with E-state index in [1.54, 1.807) is 6.20 Å². The molecule has 2 aromatic rings. The Balaban J connectivity index is 2.21. The fourth-order valence-corrected chi connectivity index (χ4v) is 2.07. The van der Waals surface area contributed by atoms with Gasteiger partial charge in [-0.25, -0.2) is 0 Å². The number of carbonyl (C=O) groups is 1. The zero-order valence-corrected chi connectivity index (χ0v) is 13.0. The van der Waals surface area contributed by atoms with E-state index in [1.807, 2.05) is 56.8 Å². The van der Waals surface area contributed by atoms with Gasteiger partial charge in [-0.1, -0.05) is 11.6 Å². The summed E-state index contributed by atoms with van der Waals surface area (Å²) in [4.78, 5) is 12.5. The Morgan fingerprint density at radius 2 is 2.14 bits per heavy atom. The maximum atomic E-state index is 12.5. The van der Waals surface area contributed by atoms with Gasteiger partial charge in [0.15, 0.2) is 0 Å². The van der Waals surface area contributed by atoms with E-state index < -0.39 is 0 Å². The number of anilines is 2. The van der Waals surface area contributed by atoms with E-state index in [-0.39, 0.29) is 11.9 Å². The van der Waals surface area contributed by atoms with E-state index in [0.717, 1.165) is 17.8 Å². The first-order valence-corrected chi connectivity index (χ1v) is 7.21. The molecule has 0 saturated carbocycles. The largest absolute Gasteiger partial charge is 0.385 e. The molecule has 0 radical (unpaired) electrons. The third-order valence-corrected chi connectivity index (χ3v) is 3.18. The zero-order valence-electron chi connectivity index (χ0n) is 13.0. The highest BCUT2D eigenvalue weighted by Crippen LogP contribution is 2.19. The van der Waals surface area contributed by atoms with E-state index >= 15 is 0 Å². The smallest absolute Gasteiger partial charge is 0.257 e. The molecular weight excluding hydrogens is 264 g/mol. The van der Waals surface area contributed by atoms with Crippen LogP contribution in [0.4, 0.5) is 11.4 Å². The number of aryl methyl sites for hydroxylation is 1. The van der Waals surface area contributed by atoms with Crippen LogP contribution < -0.4 is 10.6 Å². The Morgan fingerprint density at radius 1 is 1.38 bits per heavy atom. The van der Waals surface area contributed by atoms with Crippen molar-refractivity contribution >= 4 is 17.3 Å². The van der Waals surface area contributed by atoms with Crippen LogP contribution in [-0.4, -0.2) is 22.2 Å². The van der Waals surface area contributed by atoms with Gasteiger partial charge in [0.1, 0.15) is 0 Å². The van der Waals surface area contributed by atoms with E-state index in [2.05, 4.69) is 15.7 Å². The summed E-state index contributed by atoms with van der Waals surface area (Å²) in [5.74, 6) is -0.127. The molecule has 5 heteroatoms. The number of benzene rings is 1. The van der Waals surface area contributed by atoms with Crippen LogP contribution in [0.5, 0.6) is 0 Å². The molecule has 0 bridgehead atoms. The highest BCUT2D eigenvalue weighted by molar-refractivity contribution is 6.08. The maximum absolute atomic E-state index is 12.5. The Bertz CT molecular complexity index is 631. The van der Waals surface area contributed by atoms with Crippen LogP contribution in [0, 0.1) is 6.92 Å². The molecule has 1 aromatic heterocycles. The van der Waals surface area contributed by atoms with Crippen molar-refractivity contribution in [3.05, 3.63) is 41.7 Å². The van der Waals surface area contributed by atoms with Gasteiger partial charge in [-0.15, -0.1) is 0 Å². The summed E-state index contributed by atoms with van der Waals surface area (Å²) in [5, 5.41) is 10.3. The molecular formula is C16H22N4O. The van der Waals surface area contributed by atoms with Crippen LogP contribution in [0.1, 0.15) is 42.7 Å². The SMILES string of the molecule is CCNc1ccc(C)cc1C(=O)Nc1cnn(C(C)C)c1. The standard InChI is InChI=1S/C16H22N4O/c1-5-17-15-7-6-12(4)8-14(15)16(21)19-13-9-18-20(10-13)11(2)3/h6-11,17H,5H2,1-4H3,(H,19,21). The summed E-state index contributed by atoms with van der Waals surface area (Å²) >= 11 is 0. The second-order valence-corrected chi connectivity index (χ2v) is 5.34. The monoisotopic (exact) mass is 286 g/mol. The minimum absolute atomic E-state index is 0.127. The lowest BCUT2D eigenvalue weighted by Crippen LogP contribution is -2.15. The van der Waals surface area contributed by atoms with E-state index in [1.165, 1.54) is 0 Å². The second kappa shape index (κ2) is 6.43. The average molecular weight is 286 g/mol. The number of aromatic nitrogens is 2. The molecule has 0 aliphatic heterocycles. The number of hydrogen-bond donors (Lipinski definition) is 2. The summed E-state index contributed by atoms with van der Waals surface area (Å²) in [5.41, 5.74) is 3.25. The number of hydrogen-bond acceptors (Lipinski definition) is 3. The second-order valence-electron chi connectivity index (χ2n) is 5.34. The van der Waals surface area contributed by atoms with Crippen molar-refractivity contribution in [1.29, 1.82) is 0 Å². The van der Waals surface area contributed by atoms with Crippen LogP contribution >= 0.6 is 0 Å². The van der Waals surface area contributed by atoms with Gasteiger partial charge in [0.25, 0.3) is 5.91 Å². The van der Waals surface area contributed by atoms with Crippen molar-refractivity contribution < 1.29 is 4.79 Å². The van der Waals surface area contributed by atoms with Gasteiger partial charge in [-0.05, 0) is 39.8 Å². The lowest BCUT2D eigenvalue weighted by molar-refractivity contribution is 0.102. The van der Waals surface area contributed by atoms with Crippen LogP contribution in [0.3, 0.4) is 0 Å². The quantitative estimate of drug-likeness (QED) is 0.885. The minimum Gasteiger partial charge on any atom is -0.385 e. The summed E-state index contributed by atoms with van der Waals surface area (Å²) in [7, 11) is 0. The first-order valence-electron chi connectivity index (χ1n) is 7.21. The molecule has 0 aliphatic rings. The Hall–Kier alpha value is -2.30. The van der Waals surface area contributed by atoms with Crippen molar-refractivity contribution in [2.45, 2.75) is 33.7 Å². The normalized spacial score (nSPS) is 10.7. The number of nitrogens with zero attached hydrogens (tertiary/aromatic N) is 2. The summed E-state index contributed by atoms with van der Waals surface area (Å²) in [6.45, 7) is 8.84. The number of carbonyl (C=O) groups excluding carboxylic acids is 1. The lowest BCUT2D eigenvalue weighted by atomic mass is 10.1. The van der Waals surface area contributed by atoms with Crippen molar-refractivity contribution in [2.24, 2.45) is 0 Å². The highest BCUT2D eigenvalue weighted by atomic mass is 16.1. The number of amides is 1. The van der Waals surface area contributed by atoms with Gasteiger partial charge in [-0.3, -0.25) is 9.48 Å². The molecule has 1 amide bonds.